The summed E-state index contributed by atoms with van der Waals surface area (Å²) in [6.07, 6.45) is 3.29. The number of benzene rings is 1. The maximum atomic E-state index is 10.9. The molecule has 0 heterocycles. The number of nitro groups is 1. The lowest BCUT2D eigenvalue weighted by Crippen LogP contribution is -2.33. The minimum atomic E-state index is -0.372. The molecule has 0 aromatic heterocycles. The molecule has 1 rings (SSSR count). The average Bonchev–Trinajstić information content (AvgIpc) is 2.50. The normalized spacial score (nSPS) is 12.4. The van der Waals surface area contributed by atoms with Crippen molar-refractivity contribution in [1.29, 1.82) is 0 Å². The molecule has 1 unspecified atom stereocenters. The van der Waals surface area contributed by atoms with Gasteiger partial charge in [0, 0.05) is 24.7 Å². The molecular weight excluding hydrogens is 268 g/mol. The largest absolute Gasteiger partial charge is 0.324 e. The molecule has 0 radical (unpaired) electrons. The summed E-state index contributed by atoms with van der Waals surface area (Å²) in [5, 5.41) is 10.9. The molecular formula is C15H26N4O2. The second-order valence-corrected chi connectivity index (χ2v) is 5.32. The lowest BCUT2D eigenvalue weighted by Gasteiger charge is -2.29. The van der Waals surface area contributed by atoms with Crippen molar-refractivity contribution < 1.29 is 4.92 Å². The van der Waals surface area contributed by atoms with Crippen LogP contribution in [-0.4, -0.2) is 22.4 Å². The van der Waals surface area contributed by atoms with Crippen LogP contribution in [0, 0.1) is 10.1 Å². The number of non-ortho nitro benzene ring substituents is 1. The number of unbranched alkanes of at least 4 members (excludes halogenated alkanes) is 1. The fourth-order valence-corrected chi connectivity index (χ4v) is 2.26. The van der Waals surface area contributed by atoms with E-state index in [9.17, 15) is 10.1 Å². The SMILES string of the molecule is CCCCN(Cc1cc([N+](=O)[O-])ccc1NN)C(C)CC. The quantitative estimate of drug-likeness (QED) is 0.415. The summed E-state index contributed by atoms with van der Waals surface area (Å²) < 4.78 is 0. The van der Waals surface area contributed by atoms with Crippen LogP contribution in [-0.2, 0) is 6.54 Å². The first-order chi connectivity index (χ1) is 10.0. The van der Waals surface area contributed by atoms with Gasteiger partial charge in [-0.15, -0.1) is 0 Å². The molecule has 1 aromatic carbocycles. The first kappa shape index (κ1) is 17.4. The Balaban J connectivity index is 2.99. The van der Waals surface area contributed by atoms with Gasteiger partial charge < -0.3 is 5.43 Å². The van der Waals surface area contributed by atoms with E-state index in [1.807, 2.05) is 0 Å². The summed E-state index contributed by atoms with van der Waals surface area (Å²) in [6.45, 7) is 8.14. The van der Waals surface area contributed by atoms with E-state index in [4.69, 9.17) is 5.84 Å². The summed E-state index contributed by atoms with van der Waals surface area (Å²) in [5.41, 5.74) is 4.34. The molecule has 6 heteroatoms. The van der Waals surface area contributed by atoms with Crippen molar-refractivity contribution in [3.63, 3.8) is 0 Å². The van der Waals surface area contributed by atoms with Crippen molar-refractivity contribution in [1.82, 2.24) is 4.90 Å². The highest BCUT2D eigenvalue weighted by molar-refractivity contribution is 5.55. The lowest BCUT2D eigenvalue weighted by molar-refractivity contribution is -0.384. The fraction of sp³-hybridized carbons (Fsp3) is 0.600. The van der Waals surface area contributed by atoms with Crippen molar-refractivity contribution >= 4 is 11.4 Å². The highest BCUT2D eigenvalue weighted by Crippen LogP contribution is 2.24. The van der Waals surface area contributed by atoms with Gasteiger partial charge in [-0.2, -0.15) is 0 Å². The van der Waals surface area contributed by atoms with Gasteiger partial charge >= 0.3 is 0 Å². The highest BCUT2D eigenvalue weighted by Gasteiger charge is 2.16. The molecule has 0 saturated heterocycles. The van der Waals surface area contributed by atoms with Crippen LogP contribution in [0.5, 0.6) is 0 Å². The Morgan fingerprint density at radius 3 is 2.67 bits per heavy atom. The Morgan fingerprint density at radius 1 is 1.43 bits per heavy atom. The Kier molecular flexibility index (Phi) is 7.11. The maximum Gasteiger partial charge on any atom is 0.269 e. The standard InChI is InChI=1S/C15H26N4O2/c1-4-6-9-18(12(3)5-2)11-13-10-14(19(20)21)7-8-15(13)17-16/h7-8,10,12,17H,4-6,9,11,16H2,1-3H3. The van der Waals surface area contributed by atoms with E-state index in [-0.39, 0.29) is 10.6 Å². The number of nitrogens with zero attached hydrogens (tertiary/aromatic N) is 2. The van der Waals surface area contributed by atoms with Crippen LogP contribution in [0.2, 0.25) is 0 Å². The predicted molar refractivity (Wildman–Crippen MR) is 86.0 cm³/mol. The summed E-state index contributed by atoms with van der Waals surface area (Å²) in [7, 11) is 0. The number of hydrogen-bond acceptors (Lipinski definition) is 5. The summed E-state index contributed by atoms with van der Waals surface area (Å²) >= 11 is 0. The van der Waals surface area contributed by atoms with Gasteiger partial charge in [0.05, 0.1) is 10.6 Å². The number of nitrogen functional groups attached to an aromatic ring is 1. The van der Waals surface area contributed by atoms with Crippen molar-refractivity contribution in [3.05, 3.63) is 33.9 Å². The molecule has 1 atom stereocenters. The third-order valence-corrected chi connectivity index (χ3v) is 3.84. The van der Waals surface area contributed by atoms with Crippen LogP contribution in [0.1, 0.15) is 45.6 Å². The molecule has 0 saturated carbocycles. The van der Waals surface area contributed by atoms with Crippen molar-refractivity contribution in [2.45, 2.75) is 52.6 Å². The lowest BCUT2D eigenvalue weighted by atomic mass is 10.1. The molecule has 0 aliphatic carbocycles. The zero-order valence-electron chi connectivity index (χ0n) is 13.1. The van der Waals surface area contributed by atoms with Gasteiger partial charge in [0.2, 0.25) is 0 Å². The second kappa shape index (κ2) is 8.59. The van der Waals surface area contributed by atoms with Crippen molar-refractivity contribution in [2.75, 3.05) is 12.0 Å². The highest BCUT2D eigenvalue weighted by atomic mass is 16.6. The zero-order chi connectivity index (χ0) is 15.8. The minimum Gasteiger partial charge on any atom is -0.324 e. The average molecular weight is 294 g/mol. The van der Waals surface area contributed by atoms with Gasteiger partial charge in [0.25, 0.3) is 5.69 Å². The van der Waals surface area contributed by atoms with Crippen molar-refractivity contribution in [3.8, 4) is 0 Å². The van der Waals surface area contributed by atoms with E-state index in [2.05, 4.69) is 31.1 Å². The third kappa shape index (κ3) is 4.99. The number of nitro benzene ring substituents is 1. The van der Waals surface area contributed by atoms with E-state index in [1.165, 1.54) is 6.07 Å². The van der Waals surface area contributed by atoms with Crippen LogP contribution in [0.3, 0.4) is 0 Å². The van der Waals surface area contributed by atoms with E-state index < -0.39 is 0 Å². The number of rotatable bonds is 9. The molecule has 0 aliphatic rings. The molecule has 0 aliphatic heterocycles. The molecule has 3 N–H and O–H groups in total. The van der Waals surface area contributed by atoms with E-state index >= 15 is 0 Å². The molecule has 0 amide bonds. The van der Waals surface area contributed by atoms with E-state index in [0.29, 0.717) is 12.6 Å². The first-order valence-corrected chi connectivity index (χ1v) is 7.51. The third-order valence-electron chi connectivity index (χ3n) is 3.84. The molecule has 21 heavy (non-hydrogen) atoms. The van der Waals surface area contributed by atoms with Gasteiger partial charge in [-0.25, -0.2) is 0 Å². The van der Waals surface area contributed by atoms with E-state index in [1.54, 1.807) is 12.1 Å². The monoisotopic (exact) mass is 294 g/mol. The molecule has 0 bridgehead atoms. The molecule has 6 nitrogen and oxygen atoms in total. The Hall–Kier alpha value is -1.66. The van der Waals surface area contributed by atoms with Crippen LogP contribution >= 0.6 is 0 Å². The topological polar surface area (TPSA) is 84.4 Å². The predicted octanol–water partition coefficient (Wildman–Crippen LogP) is 3.28. The summed E-state index contributed by atoms with van der Waals surface area (Å²) in [4.78, 5) is 12.9. The van der Waals surface area contributed by atoms with Gasteiger partial charge in [-0.1, -0.05) is 20.3 Å². The summed E-state index contributed by atoms with van der Waals surface area (Å²) in [6, 6.07) is 5.18. The number of nitrogens with one attached hydrogen (secondary N) is 1. The second-order valence-electron chi connectivity index (χ2n) is 5.32. The number of hydrazine groups is 1. The number of nitrogens with two attached hydrogens (primary N) is 1. The van der Waals surface area contributed by atoms with Crippen LogP contribution < -0.4 is 11.3 Å². The van der Waals surface area contributed by atoms with Gasteiger partial charge in [0.1, 0.15) is 0 Å². The van der Waals surface area contributed by atoms with Gasteiger partial charge in [-0.05, 0) is 37.9 Å². The Bertz CT molecular complexity index is 465. The Morgan fingerprint density at radius 2 is 2.14 bits per heavy atom. The smallest absolute Gasteiger partial charge is 0.269 e. The Labute approximate surface area is 126 Å². The molecule has 0 fully saturated rings. The first-order valence-electron chi connectivity index (χ1n) is 7.51. The van der Waals surface area contributed by atoms with Crippen LogP contribution in [0.4, 0.5) is 11.4 Å². The van der Waals surface area contributed by atoms with E-state index in [0.717, 1.165) is 37.1 Å². The molecule has 0 spiro atoms. The van der Waals surface area contributed by atoms with Crippen LogP contribution in [0.25, 0.3) is 0 Å². The fourth-order valence-electron chi connectivity index (χ4n) is 2.26. The number of anilines is 1. The number of hydrogen-bond donors (Lipinski definition) is 2. The maximum absolute atomic E-state index is 10.9. The van der Waals surface area contributed by atoms with Gasteiger partial charge in [-0.3, -0.25) is 20.9 Å². The summed E-state index contributed by atoms with van der Waals surface area (Å²) in [5.74, 6) is 5.52. The minimum absolute atomic E-state index is 0.101. The van der Waals surface area contributed by atoms with Crippen LogP contribution in [0.15, 0.2) is 18.2 Å². The molecule has 118 valence electrons. The molecule has 1 aromatic rings. The van der Waals surface area contributed by atoms with Crippen molar-refractivity contribution in [2.24, 2.45) is 5.84 Å². The zero-order valence-corrected chi connectivity index (χ0v) is 13.1. The van der Waals surface area contributed by atoms with Gasteiger partial charge in [0.15, 0.2) is 0 Å².